The third kappa shape index (κ3) is 6.68. The summed E-state index contributed by atoms with van der Waals surface area (Å²) >= 11 is 3.41. The Hall–Kier alpha value is -0.780. The van der Waals surface area contributed by atoms with E-state index in [0.29, 0.717) is 11.4 Å². The first-order valence-corrected chi connectivity index (χ1v) is 7.66. The van der Waals surface area contributed by atoms with E-state index in [0.717, 1.165) is 10.9 Å². The van der Waals surface area contributed by atoms with Crippen molar-refractivity contribution in [3.05, 3.63) is 22.7 Å². The highest BCUT2D eigenvalue weighted by Crippen LogP contribution is 2.26. The number of anilines is 1. The van der Waals surface area contributed by atoms with E-state index in [-0.39, 0.29) is 30.3 Å². The number of ether oxygens (including phenoxy) is 1. The lowest BCUT2D eigenvalue weighted by Crippen LogP contribution is -2.40. The highest BCUT2D eigenvalue weighted by molar-refractivity contribution is 9.10. The molecule has 0 bridgehead atoms. The maximum absolute atomic E-state index is 12.1. The number of benzene rings is 1. The first-order valence-electron chi connectivity index (χ1n) is 6.87. The molecule has 0 aliphatic carbocycles. The fourth-order valence-electron chi connectivity index (χ4n) is 1.71. The van der Waals surface area contributed by atoms with Crippen LogP contribution in [0.25, 0.3) is 0 Å². The van der Waals surface area contributed by atoms with Crippen molar-refractivity contribution in [2.45, 2.75) is 46.3 Å². The van der Waals surface area contributed by atoms with Crippen LogP contribution in [-0.2, 0) is 4.79 Å². The van der Waals surface area contributed by atoms with E-state index in [2.05, 4.69) is 21.2 Å². The Balaban J connectivity index is 0.00000400. The Bertz CT molecular complexity index is 469. The molecule has 0 aliphatic rings. The van der Waals surface area contributed by atoms with Crippen LogP contribution < -0.4 is 15.8 Å². The van der Waals surface area contributed by atoms with Crippen molar-refractivity contribution in [2.75, 3.05) is 5.32 Å². The Kier molecular flexibility index (Phi) is 8.94. The fraction of sp³-hybridized carbons (Fsp3) is 0.533. The number of hydrogen-bond acceptors (Lipinski definition) is 3. The smallest absolute Gasteiger partial charge is 0.241 e. The maximum atomic E-state index is 12.1. The van der Waals surface area contributed by atoms with Gasteiger partial charge in [-0.25, -0.2) is 0 Å². The van der Waals surface area contributed by atoms with Crippen molar-refractivity contribution in [3.63, 3.8) is 0 Å². The molecule has 0 radical (unpaired) electrons. The summed E-state index contributed by atoms with van der Waals surface area (Å²) in [4.78, 5) is 12.1. The predicted octanol–water partition coefficient (Wildman–Crippen LogP) is 3.97. The summed E-state index contributed by atoms with van der Waals surface area (Å²) in [5.74, 6) is 0.684. The zero-order valence-electron chi connectivity index (χ0n) is 12.9. The van der Waals surface area contributed by atoms with Crippen molar-refractivity contribution in [2.24, 2.45) is 11.7 Å². The average molecular weight is 380 g/mol. The second kappa shape index (κ2) is 9.28. The lowest BCUT2D eigenvalue weighted by atomic mass is 9.99. The molecule has 0 saturated heterocycles. The van der Waals surface area contributed by atoms with Crippen molar-refractivity contribution in [1.82, 2.24) is 0 Å². The molecule has 2 atom stereocenters. The first kappa shape index (κ1) is 20.2. The zero-order chi connectivity index (χ0) is 15.3. The van der Waals surface area contributed by atoms with Gasteiger partial charge in [-0.05, 0) is 31.9 Å². The molecule has 0 saturated carbocycles. The van der Waals surface area contributed by atoms with Crippen LogP contribution in [0.15, 0.2) is 22.7 Å². The molecule has 1 aromatic carbocycles. The van der Waals surface area contributed by atoms with Crippen LogP contribution in [0.2, 0.25) is 0 Å². The van der Waals surface area contributed by atoms with Gasteiger partial charge in [0, 0.05) is 16.2 Å². The van der Waals surface area contributed by atoms with Crippen LogP contribution in [0.4, 0.5) is 5.69 Å². The number of nitrogens with one attached hydrogen (secondary N) is 1. The molecule has 6 heteroatoms. The Morgan fingerprint density at radius 1 is 1.33 bits per heavy atom. The molecule has 0 aromatic heterocycles. The summed E-state index contributed by atoms with van der Waals surface area (Å²) in [5.41, 5.74) is 6.60. The minimum absolute atomic E-state index is 0. The van der Waals surface area contributed by atoms with Gasteiger partial charge in [0.25, 0.3) is 0 Å². The molecule has 21 heavy (non-hydrogen) atoms. The van der Waals surface area contributed by atoms with Crippen LogP contribution in [-0.4, -0.2) is 18.1 Å². The molecular formula is C15H24BrClN2O2. The molecule has 0 aliphatic heterocycles. The van der Waals surface area contributed by atoms with Gasteiger partial charge in [-0.3, -0.25) is 4.79 Å². The Labute approximate surface area is 141 Å². The molecule has 0 heterocycles. The number of carbonyl (C=O) groups excluding carboxylic acids is 1. The number of rotatable bonds is 6. The van der Waals surface area contributed by atoms with E-state index in [1.165, 1.54) is 0 Å². The minimum atomic E-state index is -0.506. The third-order valence-electron chi connectivity index (χ3n) is 3.07. The summed E-state index contributed by atoms with van der Waals surface area (Å²) in [6, 6.07) is 4.98. The van der Waals surface area contributed by atoms with Crippen LogP contribution in [0.5, 0.6) is 5.75 Å². The summed E-state index contributed by atoms with van der Waals surface area (Å²) in [7, 11) is 0. The number of carbonyl (C=O) groups is 1. The SMILES string of the molecule is CCC(C)C(N)C(=O)Nc1cc(Br)cc(OC(C)C)c1.Cl. The lowest BCUT2D eigenvalue weighted by Gasteiger charge is -2.18. The normalized spacial score (nSPS) is 13.3. The minimum Gasteiger partial charge on any atom is -0.491 e. The average Bonchev–Trinajstić information content (AvgIpc) is 2.35. The molecule has 0 fully saturated rings. The number of hydrogen-bond donors (Lipinski definition) is 2. The quantitative estimate of drug-likeness (QED) is 0.786. The van der Waals surface area contributed by atoms with E-state index < -0.39 is 6.04 Å². The van der Waals surface area contributed by atoms with Crippen LogP contribution in [0.3, 0.4) is 0 Å². The molecule has 2 unspecified atom stereocenters. The van der Waals surface area contributed by atoms with Crippen molar-refractivity contribution in [1.29, 1.82) is 0 Å². The van der Waals surface area contributed by atoms with E-state index in [1.54, 1.807) is 6.07 Å². The second-order valence-corrected chi connectivity index (χ2v) is 6.16. The molecule has 0 spiro atoms. The summed E-state index contributed by atoms with van der Waals surface area (Å²) in [6.07, 6.45) is 0.949. The molecule has 120 valence electrons. The largest absolute Gasteiger partial charge is 0.491 e. The van der Waals surface area contributed by atoms with Crippen molar-refractivity contribution >= 4 is 39.9 Å². The van der Waals surface area contributed by atoms with Gasteiger partial charge < -0.3 is 15.8 Å². The van der Waals surface area contributed by atoms with Gasteiger partial charge in [-0.15, -0.1) is 12.4 Å². The van der Waals surface area contributed by atoms with Gasteiger partial charge in [-0.2, -0.15) is 0 Å². The van der Waals surface area contributed by atoms with E-state index in [4.69, 9.17) is 10.5 Å². The van der Waals surface area contributed by atoms with Gasteiger partial charge >= 0.3 is 0 Å². The fourth-order valence-corrected chi connectivity index (χ4v) is 2.19. The molecular weight excluding hydrogens is 356 g/mol. The van der Waals surface area contributed by atoms with Gasteiger partial charge in [0.05, 0.1) is 12.1 Å². The highest BCUT2D eigenvalue weighted by atomic mass is 79.9. The molecule has 4 nitrogen and oxygen atoms in total. The van der Waals surface area contributed by atoms with Crippen LogP contribution >= 0.6 is 28.3 Å². The van der Waals surface area contributed by atoms with Crippen LogP contribution in [0, 0.1) is 5.92 Å². The predicted molar refractivity (Wildman–Crippen MR) is 93.2 cm³/mol. The van der Waals surface area contributed by atoms with Gasteiger partial charge in [0.15, 0.2) is 0 Å². The third-order valence-corrected chi connectivity index (χ3v) is 3.53. The number of nitrogens with two attached hydrogens (primary N) is 1. The van der Waals surface area contributed by atoms with Gasteiger partial charge in [-0.1, -0.05) is 36.2 Å². The van der Waals surface area contributed by atoms with Crippen molar-refractivity contribution in [3.8, 4) is 5.75 Å². The van der Waals surface area contributed by atoms with Gasteiger partial charge in [0.1, 0.15) is 5.75 Å². The topological polar surface area (TPSA) is 64.4 Å². The molecule has 1 amide bonds. The van der Waals surface area contributed by atoms with Crippen LogP contribution in [0.1, 0.15) is 34.1 Å². The van der Waals surface area contributed by atoms with Gasteiger partial charge in [0.2, 0.25) is 5.91 Å². The number of halogens is 2. The molecule has 3 N–H and O–H groups in total. The first-order chi connectivity index (χ1) is 9.33. The monoisotopic (exact) mass is 378 g/mol. The second-order valence-electron chi connectivity index (χ2n) is 5.24. The Morgan fingerprint density at radius 3 is 2.48 bits per heavy atom. The van der Waals surface area contributed by atoms with E-state index in [1.807, 2.05) is 39.8 Å². The molecule has 1 aromatic rings. The molecule has 1 rings (SSSR count). The van der Waals surface area contributed by atoms with E-state index >= 15 is 0 Å². The Morgan fingerprint density at radius 2 is 1.95 bits per heavy atom. The highest BCUT2D eigenvalue weighted by Gasteiger charge is 2.19. The standard InChI is InChI=1S/C15H23BrN2O2.ClH/c1-5-10(4)14(17)15(19)18-12-6-11(16)7-13(8-12)20-9(2)3;/h6-10,14H,5,17H2,1-4H3,(H,18,19);1H. The maximum Gasteiger partial charge on any atom is 0.241 e. The van der Waals surface area contributed by atoms with Crippen molar-refractivity contribution < 1.29 is 9.53 Å². The zero-order valence-corrected chi connectivity index (χ0v) is 15.3. The van der Waals surface area contributed by atoms with E-state index in [9.17, 15) is 4.79 Å². The summed E-state index contributed by atoms with van der Waals surface area (Å²) in [5, 5.41) is 2.84. The lowest BCUT2D eigenvalue weighted by molar-refractivity contribution is -0.118. The summed E-state index contributed by atoms with van der Waals surface area (Å²) < 4.78 is 6.48. The summed E-state index contributed by atoms with van der Waals surface area (Å²) in [6.45, 7) is 7.90. The number of amides is 1.